The molecule has 1 heterocycles. The topological polar surface area (TPSA) is 53.4 Å². The van der Waals surface area contributed by atoms with Gasteiger partial charge in [-0.2, -0.15) is 0 Å². The van der Waals surface area contributed by atoms with Crippen LogP contribution in [0.1, 0.15) is 25.8 Å². The minimum atomic E-state index is -0.816. The maximum Gasteiger partial charge on any atom is 0.323 e. The molecule has 0 aliphatic carbocycles. The van der Waals surface area contributed by atoms with Crippen molar-refractivity contribution >= 4 is 5.97 Å². The lowest BCUT2D eigenvalue weighted by Gasteiger charge is -2.34. The Kier molecular flexibility index (Phi) is 4.01. The van der Waals surface area contributed by atoms with Crippen LogP contribution in [0.2, 0.25) is 0 Å². The fraction of sp³-hybridized carbons (Fsp3) is 0.500. The van der Waals surface area contributed by atoms with Crippen molar-refractivity contribution in [2.24, 2.45) is 0 Å². The number of nitrogens with zero attached hydrogens (tertiary/aromatic N) is 2. The third-order valence-corrected chi connectivity index (χ3v) is 3.16. The van der Waals surface area contributed by atoms with Crippen LogP contribution in [0, 0.1) is 0 Å². The first-order chi connectivity index (χ1) is 7.50. The van der Waals surface area contributed by atoms with Crippen LogP contribution in [-0.4, -0.2) is 33.5 Å². The van der Waals surface area contributed by atoms with E-state index in [0.717, 1.165) is 5.56 Å². The molecule has 0 radical (unpaired) electrons. The molecule has 1 N–H and O–H groups in total. The molecule has 16 heavy (non-hydrogen) atoms. The van der Waals surface area contributed by atoms with Gasteiger partial charge < -0.3 is 5.11 Å². The summed E-state index contributed by atoms with van der Waals surface area (Å²) in [7, 11) is 1.83. The van der Waals surface area contributed by atoms with E-state index in [2.05, 4.69) is 4.98 Å². The van der Waals surface area contributed by atoms with Crippen molar-refractivity contribution in [1.29, 1.82) is 0 Å². The number of carboxylic acid groups (broad SMARTS) is 1. The van der Waals surface area contributed by atoms with Crippen LogP contribution in [-0.2, 0) is 11.3 Å². The van der Waals surface area contributed by atoms with Crippen LogP contribution < -0.4 is 0 Å². The van der Waals surface area contributed by atoms with Crippen LogP contribution in [0.15, 0.2) is 24.5 Å². The van der Waals surface area contributed by atoms with E-state index in [0.29, 0.717) is 13.0 Å². The Morgan fingerprint density at radius 2 is 2.06 bits per heavy atom. The van der Waals surface area contributed by atoms with Gasteiger partial charge in [0.05, 0.1) is 0 Å². The molecule has 0 saturated heterocycles. The Morgan fingerprint density at radius 1 is 1.50 bits per heavy atom. The van der Waals surface area contributed by atoms with E-state index < -0.39 is 11.5 Å². The van der Waals surface area contributed by atoms with Crippen molar-refractivity contribution in [2.75, 3.05) is 7.05 Å². The molecule has 4 nitrogen and oxygen atoms in total. The maximum atomic E-state index is 11.2. The molecule has 1 atom stereocenters. The zero-order valence-electron chi connectivity index (χ0n) is 9.97. The van der Waals surface area contributed by atoms with Gasteiger partial charge in [0.1, 0.15) is 5.54 Å². The van der Waals surface area contributed by atoms with Gasteiger partial charge in [-0.05, 0) is 38.1 Å². The zero-order chi connectivity index (χ0) is 12.2. The predicted octanol–water partition coefficient (Wildman–Crippen LogP) is 1.77. The smallest absolute Gasteiger partial charge is 0.323 e. The van der Waals surface area contributed by atoms with Crippen molar-refractivity contribution in [3.63, 3.8) is 0 Å². The summed E-state index contributed by atoms with van der Waals surface area (Å²) in [4.78, 5) is 17.0. The molecule has 0 spiro atoms. The number of hydrogen-bond acceptors (Lipinski definition) is 3. The average Bonchev–Trinajstić information content (AvgIpc) is 2.28. The van der Waals surface area contributed by atoms with Crippen LogP contribution >= 0.6 is 0 Å². The molecule has 88 valence electrons. The van der Waals surface area contributed by atoms with Gasteiger partial charge >= 0.3 is 5.97 Å². The Bertz CT molecular complexity index is 353. The Labute approximate surface area is 95.9 Å². The highest BCUT2D eigenvalue weighted by Crippen LogP contribution is 2.20. The van der Waals surface area contributed by atoms with Gasteiger partial charge in [-0.25, -0.2) is 0 Å². The Balaban J connectivity index is 2.78. The van der Waals surface area contributed by atoms with E-state index in [4.69, 9.17) is 0 Å². The molecular formula is C12H18N2O2. The normalized spacial score (nSPS) is 14.8. The molecule has 0 aliphatic heterocycles. The number of carboxylic acids is 1. The second-order valence-electron chi connectivity index (χ2n) is 4.14. The highest BCUT2D eigenvalue weighted by molar-refractivity contribution is 5.78. The molecule has 1 aromatic rings. The molecule has 1 aromatic heterocycles. The molecular weight excluding hydrogens is 204 g/mol. The Hall–Kier alpha value is -1.42. The van der Waals surface area contributed by atoms with E-state index >= 15 is 0 Å². The lowest BCUT2D eigenvalue weighted by atomic mass is 9.96. The van der Waals surface area contributed by atoms with Gasteiger partial charge in [0.15, 0.2) is 0 Å². The van der Waals surface area contributed by atoms with E-state index in [1.54, 1.807) is 19.3 Å². The minimum absolute atomic E-state index is 0.573. The number of aromatic nitrogens is 1. The van der Waals surface area contributed by atoms with E-state index in [9.17, 15) is 9.90 Å². The Morgan fingerprint density at radius 3 is 2.50 bits per heavy atom. The molecule has 0 aromatic carbocycles. The zero-order valence-corrected chi connectivity index (χ0v) is 9.97. The standard InChI is InChI=1S/C12H18N2O2/c1-4-12(2,11(15)16)14(3)9-10-5-7-13-8-6-10/h5-8H,4,9H2,1-3H3,(H,15,16). The fourth-order valence-corrected chi connectivity index (χ4v) is 1.52. The summed E-state index contributed by atoms with van der Waals surface area (Å²) in [6.07, 6.45) is 4.00. The lowest BCUT2D eigenvalue weighted by molar-refractivity contribution is -0.150. The molecule has 0 bridgehead atoms. The minimum Gasteiger partial charge on any atom is -0.480 e. The lowest BCUT2D eigenvalue weighted by Crippen LogP contribution is -2.49. The second-order valence-corrected chi connectivity index (χ2v) is 4.14. The SMILES string of the molecule is CCC(C)(C(=O)O)N(C)Cc1ccncc1. The third kappa shape index (κ3) is 2.58. The van der Waals surface area contributed by atoms with Crippen molar-refractivity contribution in [3.8, 4) is 0 Å². The second kappa shape index (κ2) is 5.07. The van der Waals surface area contributed by atoms with E-state index in [-0.39, 0.29) is 0 Å². The van der Waals surface area contributed by atoms with Crippen molar-refractivity contribution in [3.05, 3.63) is 30.1 Å². The van der Waals surface area contributed by atoms with Gasteiger partial charge in [0.2, 0.25) is 0 Å². The van der Waals surface area contributed by atoms with Crippen molar-refractivity contribution < 1.29 is 9.90 Å². The average molecular weight is 222 g/mol. The summed E-state index contributed by atoms with van der Waals surface area (Å²) in [6, 6.07) is 3.79. The molecule has 1 rings (SSSR count). The largest absolute Gasteiger partial charge is 0.480 e. The summed E-state index contributed by atoms with van der Waals surface area (Å²) in [5.74, 6) is -0.786. The molecule has 0 aliphatic rings. The summed E-state index contributed by atoms with van der Waals surface area (Å²) >= 11 is 0. The molecule has 0 amide bonds. The predicted molar refractivity (Wildman–Crippen MR) is 62.0 cm³/mol. The molecule has 1 unspecified atom stereocenters. The van der Waals surface area contributed by atoms with Crippen LogP contribution in [0.5, 0.6) is 0 Å². The first kappa shape index (κ1) is 12.6. The summed E-state index contributed by atoms with van der Waals surface area (Å²) in [5, 5.41) is 9.23. The number of carbonyl (C=O) groups is 1. The maximum absolute atomic E-state index is 11.2. The van der Waals surface area contributed by atoms with Crippen molar-refractivity contribution in [1.82, 2.24) is 9.88 Å². The number of pyridine rings is 1. The van der Waals surface area contributed by atoms with E-state index in [1.165, 1.54) is 0 Å². The summed E-state index contributed by atoms with van der Waals surface area (Å²) in [5.41, 5.74) is 0.252. The number of aliphatic carboxylic acids is 1. The van der Waals surface area contributed by atoms with Crippen LogP contribution in [0.25, 0.3) is 0 Å². The van der Waals surface area contributed by atoms with Gasteiger partial charge in [-0.3, -0.25) is 14.7 Å². The molecule has 0 saturated carbocycles. The number of likely N-dealkylation sites (N-methyl/N-ethyl adjacent to an activating group) is 1. The van der Waals surface area contributed by atoms with Gasteiger partial charge in [-0.15, -0.1) is 0 Å². The quantitative estimate of drug-likeness (QED) is 0.825. The van der Waals surface area contributed by atoms with Gasteiger partial charge in [0.25, 0.3) is 0 Å². The van der Waals surface area contributed by atoms with Gasteiger partial charge in [0, 0.05) is 18.9 Å². The molecule has 4 heteroatoms. The van der Waals surface area contributed by atoms with E-state index in [1.807, 2.05) is 31.0 Å². The monoisotopic (exact) mass is 222 g/mol. The number of hydrogen-bond donors (Lipinski definition) is 1. The first-order valence-corrected chi connectivity index (χ1v) is 5.34. The first-order valence-electron chi connectivity index (χ1n) is 5.34. The molecule has 0 fully saturated rings. The fourth-order valence-electron chi connectivity index (χ4n) is 1.52. The third-order valence-electron chi connectivity index (χ3n) is 3.16. The van der Waals surface area contributed by atoms with Crippen LogP contribution in [0.4, 0.5) is 0 Å². The number of rotatable bonds is 5. The van der Waals surface area contributed by atoms with Crippen LogP contribution in [0.3, 0.4) is 0 Å². The van der Waals surface area contributed by atoms with Crippen molar-refractivity contribution in [2.45, 2.75) is 32.4 Å². The summed E-state index contributed by atoms with van der Waals surface area (Å²) < 4.78 is 0. The highest BCUT2D eigenvalue weighted by Gasteiger charge is 2.35. The highest BCUT2D eigenvalue weighted by atomic mass is 16.4. The van der Waals surface area contributed by atoms with Gasteiger partial charge in [-0.1, -0.05) is 6.92 Å². The summed E-state index contributed by atoms with van der Waals surface area (Å²) in [6.45, 7) is 4.24.